The second-order valence-corrected chi connectivity index (χ2v) is 5.51. The van der Waals surface area contributed by atoms with Gasteiger partial charge in [0.2, 0.25) is 0 Å². The van der Waals surface area contributed by atoms with E-state index >= 15 is 0 Å². The third-order valence-electron chi connectivity index (χ3n) is 2.84. The number of furan rings is 1. The Labute approximate surface area is 137 Å². The largest absolute Gasteiger partial charge is 0.481 e. The van der Waals surface area contributed by atoms with Crippen LogP contribution in [0.15, 0.2) is 56.7 Å². The number of amides is 1. The van der Waals surface area contributed by atoms with Crippen molar-refractivity contribution in [3.05, 3.63) is 52.9 Å². The minimum atomic E-state index is -0.583. The van der Waals surface area contributed by atoms with Gasteiger partial charge in [-0.05, 0) is 42.8 Å². The molecule has 0 bridgehead atoms. The molecule has 0 aliphatic heterocycles. The van der Waals surface area contributed by atoms with E-state index in [1.807, 2.05) is 31.2 Å². The van der Waals surface area contributed by atoms with Gasteiger partial charge in [-0.25, -0.2) is 5.43 Å². The van der Waals surface area contributed by atoms with Gasteiger partial charge in [0.15, 0.2) is 6.10 Å². The summed E-state index contributed by atoms with van der Waals surface area (Å²) in [6.07, 6.45) is 3.84. The van der Waals surface area contributed by atoms with Crippen LogP contribution in [0, 0.1) is 0 Å². The Hall–Kier alpha value is -2.08. The number of hydrogen-bond acceptors (Lipinski definition) is 4. The number of ether oxygens (including phenoxy) is 1. The minimum absolute atomic E-state index is 0.285. The summed E-state index contributed by atoms with van der Waals surface area (Å²) in [5, 5.41) is 3.87. The molecule has 1 N–H and O–H groups in total. The second-order valence-electron chi connectivity index (χ2n) is 4.60. The first-order valence-corrected chi connectivity index (χ1v) is 7.77. The quantitative estimate of drug-likeness (QED) is 0.601. The maximum Gasteiger partial charge on any atom is 0.281 e. The number of nitrogens with zero attached hydrogens (tertiary/aromatic N) is 1. The smallest absolute Gasteiger partial charge is 0.281 e. The van der Waals surface area contributed by atoms with Gasteiger partial charge in [-0.15, -0.1) is 0 Å². The first kappa shape index (κ1) is 16.3. The SMILES string of the molecule is CCCC(Oc1ccc(Br)cc1)C(=O)NN=Cc1ccco1. The predicted molar refractivity (Wildman–Crippen MR) is 87.9 cm³/mol. The lowest BCUT2D eigenvalue weighted by atomic mass is 10.2. The lowest BCUT2D eigenvalue weighted by Gasteiger charge is -2.16. The fourth-order valence-corrected chi connectivity index (χ4v) is 2.04. The summed E-state index contributed by atoms with van der Waals surface area (Å²) in [4.78, 5) is 12.1. The highest BCUT2D eigenvalue weighted by Gasteiger charge is 2.19. The van der Waals surface area contributed by atoms with Crippen LogP contribution < -0.4 is 10.2 Å². The van der Waals surface area contributed by atoms with Gasteiger partial charge in [0, 0.05) is 4.47 Å². The van der Waals surface area contributed by atoms with E-state index < -0.39 is 6.10 Å². The zero-order chi connectivity index (χ0) is 15.8. The van der Waals surface area contributed by atoms with Crippen molar-refractivity contribution in [3.8, 4) is 5.75 Å². The number of nitrogens with one attached hydrogen (secondary N) is 1. The summed E-state index contributed by atoms with van der Waals surface area (Å²) in [5.41, 5.74) is 2.47. The van der Waals surface area contributed by atoms with Gasteiger partial charge in [-0.3, -0.25) is 4.79 Å². The van der Waals surface area contributed by atoms with E-state index in [0.29, 0.717) is 17.9 Å². The first-order chi connectivity index (χ1) is 10.7. The monoisotopic (exact) mass is 364 g/mol. The van der Waals surface area contributed by atoms with E-state index in [1.54, 1.807) is 18.4 Å². The van der Waals surface area contributed by atoms with Gasteiger partial charge in [-0.2, -0.15) is 5.10 Å². The molecule has 0 aliphatic carbocycles. The van der Waals surface area contributed by atoms with Crippen molar-refractivity contribution in [2.24, 2.45) is 5.10 Å². The van der Waals surface area contributed by atoms with Crippen LogP contribution in [0.1, 0.15) is 25.5 Å². The zero-order valence-electron chi connectivity index (χ0n) is 12.2. The molecule has 1 atom stereocenters. The van der Waals surface area contributed by atoms with Crippen LogP contribution in [0.25, 0.3) is 0 Å². The van der Waals surface area contributed by atoms with E-state index in [1.165, 1.54) is 6.21 Å². The van der Waals surface area contributed by atoms with E-state index in [4.69, 9.17) is 9.15 Å². The molecular formula is C16H17BrN2O3. The van der Waals surface area contributed by atoms with Crippen molar-refractivity contribution in [3.63, 3.8) is 0 Å². The molecule has 0 spiro atoms. The van der Waals surface area contributed by atoms with Crippen LogP contribution >= 0.6 is 15.9 Å². The van der Waals surface area contributed by atoms with Crippen molar-refractivity contribution < 1.29 is 13.9 Å². The van der Waals surface area contributed by atoms with Crippen molar-refractivity contribution in [1.82, 2.24) is 5.43 Å². The van der Waals surface area contributed by atoms with Crippen LogP contribution in [0.3, 0.4) is 0 Å². The average Bonchev–Trinajstić information content (AvgIpc) is 3.02. The molecule has 1 aromatic carbocycles. The summed E-state index contributed by atoms with van der Waals surface area (Å²) in [5.74, 6) is 0.931. The van der Waals surface area contributed by atoms with E-state index in [-0.39, 0.29) is 5.91 Å². The van der Waals surface area contributed by atoms with Crippen LogP contribution in [0.2, 0.25) is 0 Å². The Morgan fingerprint density at radius 3 is 2.82 bits per heavy atom. The Balaban J connectivity index is 1.94. The number of carbonyl (C=O) groups excluding carboxylic acids is 1. The molecule has 0 aliphatic rings. The Bertz CT molecular complexity index is 609. The molecule has 0 fully saturated rings. The van der Waals surface area contributed by atoms with Gasteiger partial charge in [0.1, 0.15) is 11.5 Å². The molecule has 1 amide bonds. The summed E-state index contributed by atoms with van der Waals surface area (Å²) in [6, 6.07) is 10.9. The normalized spacial score (nSPS) is 12.3. The molecule has 2 rings (SSSR count). The lowest BCUT2D eigenvalue weighted by molar-refractivity contribution is -0.128. The molecule has 1 unspecified atom stereocenters. The van der Waals surface area contributed by atoms with Crippen molar-refractivity contribution in [1.29, 1.82) is 0 Å². The number of halogens is 1. The number of hydrazone groups is 1. The van der Waals surface area contributed by atoms with E-state index in [9.17, 15) is 4.79 Å². The zero-order valence-corrected chi connectivity index (χ0v) is 13.7. The molecule has 0 radical (unpaired) electrons. The highest BCUT2D eigenvalue weighted by Crippen LogP contribution is 2.18. The molecule has 116 valence electrons. The summed E-state index contributed by atoms with van der Waals surface area (Å²) < 4.78 is 11.8. The van der Waals surface area contributed by atoms with Gasteiger partial charge in [-0.1, -0.05) is 29.3 Å². The Morgan fingerprint density at radius 1 is 1.41 bits per heavy atom. The maximum absolute atomic E-state index is 12.1. The highest BCUT2D eigenvalue weighted by molar-refractivity contribution is 9.10. The molecule has 1 heterocycles. The second kappa shape index (κ2) is 8.38. The first-order valence-electron chi connectivity index (χ1n) is 6.97. The van der Waals surface area contributed by atoms with E-state index in [0.717, 1.165) is 10.9 Å². The van der Waals surface area contributed by atoms with Gasteiger partial charge in [0.25, 0.3) is 5.91 Å². The minimum Gasteiger partial charge on any atom is -0.481 e. The number of carbonyl (C=O) groups is 1. The highest BCUT2D eigenvalue weighted by atomic mass is 79.9. The molecule has 6 heteroatoms. The number of hydrogen-bond donors (Lipinski definition) is 1. The van der Waals surface area contributed by atoms with Crippen molar-refractivity contribution in [2.75, 3.05) is 0 Å². The number of benzene rings is 1. The molecule has 5 nitrogen and oxygen atoms in total. The summed E-state index contributed by atoms with van der Waals surface area (Å²) >= 11 is 3.36. The van der Waals surface area contributed by atoms with Crippen molar-refractivity contribution in [2.45, 2.75) is 25.9 Å². The Morgan fingerprint density at radius 2 is 2.18 bits per heavy atom. The topological polar surface area (TPSA) is 63.8 Å². The van der Waals surface area contributed by atoms with Crippen LogP contribution in [-0.2, 0) is 4.79 Å². The predicted octanol–water partition coefficient (Wildman–Crippen LogP) is 3.74. The molecule has 0 saturated carbocycles. The molecule has 2 aromatic rings. The van der Waals surface area contributed by atoms with Crippen LogP contribution in [0.5, 0.6) is 5.75 Å². The summed E-state index contributed by atoms with van der Waals surface area (Å²) in [7, 11) is 0. The molecule has 1 aromatic heterocycles. The fourth-order valence-electron chi connectivity index (χ4n) is 1.78. The lowest BCUT2D eigenvalue weighted by Crippen LogP contribution is -2.35. The third kappa shape index (κ3) is 5.04. The standard InChI is InChI=1S/C16H17BrN2O3/c1-2-4-15(22-13-8-6-12(17)7-9-13)16(20)19-18-11-14-5-3-10-21-14/h3,5-11,15H,2,4H2,1H3,(H,19,20). The van der Waals surface area contributed by atoms with Gasteiger partial charge in [0.05, 0.1) is 12.5 Å². The third-order valence-corrected chi connectivity index (χ3v) is 3.37. The maximum atomic E-state index is 12.1. The summed E-state index contributed by atoms with van der Waals surface area (Å²) in [6.45, 7) is 2.00. The van der Waals surface area contributed by atoms with Gasteiger partial charge < -0.3 is 9.15 Å². The van der Waals surface area contributed by atoms with Gasteiger partial charge >= 0.3 is 0 Å². The van der Waals surface area contributed by atoms with Crippen LogP contribution in [-0.4, -0.2) is 18.2 Å². The molecule has 0 saturated heterocycles. The van der Waals surface area contributed by atoms with Crippen molar-refractivity contribution >= 4 is 28.1 Å². The molecule has 22 heavy (non-hydrogen) atoms. The number of rotatable bonds is 7. The van der Waals surface area contributed by atoms with Crippen LogP contribution in [0.4, 0.5) is 0 Å². The fraction of sp³-hybridized carbons (Fsp3) is 0.250. The Kier molecular flexibility index (Phi) is 6.21. The average molecular weight is 365 g/mol. The van der Waals surface area contributed by atoms with E-state index in [2.05, 4.69) is 26.5 Å². The molecular weight excluding hydrogens is 348 g/mol.